The molecule has 1 aliphatic heterocycles. The Morgan fingerprint density at radius 1 is 1.03 bits per heavy atom. The minimum Gasteiger partial charge on any atom is -0.463 e. The van der Waals surface area contributed by atoms with Crippen LogP contribution in [-0.4, -0.2) is 64.5 Å². The maximum absolute atomic E-state index is 13.6. The van der Waals surface area contributed by atoms with Crippen molar-refractivity contribution in [2.75, 3.05) is 26.2 Å². The van der Waals surface area contributed by atoms with Crippen LogP contribution >= 0.6 is 0 Å². The number of benzene rings is 1. The van der Waals surface area contributed by atoms with Crippen LogP contribution in [0.4, 0.5) is 0 Å². The molecule has 1 aliphatic rings. The molecule has 0 aliphatic carbocycles. The van der Waals surface area contributed by atoms with Gasteiger partial charge in [-0.15, -0.1) is 0 Å². The Bertz CT molecular complexity index is 1420. The number of fused-ring (bicyclic) bond motifs is 1. The molecule has 3 aromatic heterocycles. The van der Waals surface area contributed by atoms with E-state index in [9.17, 15) is 13.2 Å². The zero-order valence-corrected chi connectivity index (χ0v) is 19.1. The predicted molar refractivity (Wildman–Crippen MR) is 122 cm³/mol. The molecule has 1 aromatic carbocycles. The Balaban J connectivity index is 1.44. The van der Waals surface area contributed by atoms with Crippen LogP contribution in [0.2, 0.25) is 0 Å². The van der Waals surface area contributed by atoms with Crippen molar-refractivity contribution in [1.29, 1.82) is 0 Å². The fraction of sp³-hybridized carbons (Fsp3) is 0.261. The average Bonchev–Trinajstić information content (AvgIpc) is 3.47. The second kappa shape index (κ2) is 8.13. The lowest BCUT2D eigenvalue weighted by Crippen LogP contribution is -2.50. The van der Waals surface area contributed by atoms with Crippen LogP contribution in [0.5, 0.6) is 0 Å². The number of sulfonamides is 1. The van der Waals surface area contributed by atoms with Gasteiger partial charge in [0.2, 0.25) is 10.0 Å². The van der Waals surface area contributed by atoms with Crippen molar-refractivity contribution in [2.24, 2.45) is 7.05 Å². The summed E-state index contributed by atoms with van der Waals surface area (Å²) in [5.74, 6) is 0.381. The van der Waals surface area contributed by atoms with Gasteiger partial charge in [-0.2, -0.15) is 9.40 Å². The third kappa shape index (κ3) is 3.70. The fourth-order valence-corrected chi connectivity index (χ4v) is 5.65. The lowest BCUT2D eigenvalue weighted by molar-refractivity contribution is 0.0700. The molecule has 1 saturated heterocycles. The highest BCUT2D eigenvalue weighted by atomic mass is 32.2. The molecule has 4 heterocycles. The molecule has 0 saturated carbocycles. The van der Waals surface area contributed by atoms with Gasteiger partial charge >= 0.3 is 0 Å². The molecular weight excluding hydrogens is 442 g/mol. The number of carbonyl (C=O) groups excluding carboxylic acids is 1. The van der Waals surface area contributed by atoms with E-state index >= 15 is 0 Å². The molecule has 0 atom stereocenters. The maximum atomic E-state index is 13.6. The molecule has 0 radical (unpaired) electrons. The third-order valence-corrected chi connectivity index (χ3v) is 7.79. The van der Waals surface area contributed by atoms with E-state index in [2.05, 4.69) is 10.1 Å². The van der Waals surface area contributed by atoms with Crippen molar-refractivity contribution in [3.05, 3.63) is 66.1 Å². The quantitative estimate of drug-likeness (QED) is 0.459. The zero-order chi connectivity index (χ0) is 23.2. The summed E-state index contributed by atoms with van der Waals surface area (Å²) in [5.41, 5.74) is 2.33. The summed E-state index contributed by atoms with van der Waals surface area (Å²) >= 11 is 0. The van der Waals surface area contributed by atoms with Crippen molar-refractivity contribution in [3.63, 3.8) is 0 Å². The van der Waals surface area contributed by atoms with Crippen LogP contribution in [0.25, 0.3) is 22.5 Å². The predicted octanol–water partition coefficient (Wildman–Crippen LogP) is 2.68. The second-order valence-electron chi connectivity index (χ2n) is 7.95. The number of nitrogens with zero attached hydrogens (tertiary/aromatic N) is 5. The van der Waals surface area contributed by atoms with E-state index in [0.717, 1.165) is 0 Å². The molecule has 0 unspecified atom stereocenters. The monoisotopic (exact) mass is 465 g/mol. The number of carbonyl (C=O) groups is 1. The minimum atomic E-state index is -3.59. The summed E-state index contributed by atoms with van der Waals surface area (Å²) in [6.07, 6.45) is 1.56. The summed E-state index contributed by atoms with van der Waals surface area (Å²) < 4.78 is 34.4. The molecule has 9 nitrogen and oxygen atoms in total. The molecular formula is C23H23N5O4S. The van der Waals surface area contributed by atoms with E-state index in [1.807, 2.05) is 6.92 Å². The van der Waals surface area contributed by atoms with Gasteiger partial charge in [0, 0.05) is 33.2 Å². The number of rotatable bonds is 4. The standard InChI is InChI=1S/C23H23N5O4S/c1-16-21-18(15-19(20-9-6-14-32-20)24-22(21)26(2)25-16)23(29)27-10-12-28(13-11-27)33(30,31)17-7-4-3-5-8-17/h3-9,14-15H,10-13H2,1-2H3. The highest BCUT2D eigenvalue weighted by Crippen LogP contribution is 2.28. The topological polar surface area (TPSA) is 102 Å². The molecule has 1 amide bonds. The van der Waals surface area contributed by atoms with Gasteiger partial charge in [-0.05, 0) is 37.3 Å². The number of furan rings is 1. The van der Waals surface area contributed by atoms with Crippen LogP contribution < -0.4 is 0 Å². The molecule has 33 heavy (non-hydrogen) atoms. The number of piperazine rings is 1. The van der Waals surface area contributed by atoms with Crippen molar-refractivity contribution >= 4 is 27.0 Å². The normalized spacial score (nSPS) is 15.3. The zero-order valence-electron chi connectivity index (χ0n) is 18.3. The number of pyridine rings is 1. The first-order chi connectivity index (χ1) is 15.9. The maximum Gasteiger partial charge on any atom is 0.254 e. The van der Waals surface area contributed by atoms with Crippen LogP contribution in [-0.2, 0) is 17.1 Å². The minimum absolute atomic E-state index is 0.178. The first-order valence-corrected chi connectivity index (χ1v) is 12.0. The molecule has 4 aromatic rings. The Labute approximate surface area is 191 Å². The first-order valence-electron chi connectivity index (χ1n) is 10.6. The number of amides is 1. The van der Waals surface area contributed by atoms with Gasteiger partial charge in [-0.3, -0.25) is 9.48 Å². The molecule has 0 spiro atoms. The van der Waals surface area contributed by atoms with Gasteiger partial charge in [-0.25, -0.2) is 13.4 Å². The Hall–Kier alpha value is -3.50. The van der Waals surface area contributed by atoms with Crippen molar-refractivity contribution in [3.8, 4) is 11.5 Å². The Morgan fingerprint density at radius 2 is 1.76 bits per heavy atom. The van der Waals surface area contributed by atoms with E-state index in [1.165, 1.54) is 4.31 Å². The van der Waals surface area contributed by atoms with Crippen molar-refractivity contribution in [2.45, 2.75) is 11.8 Å². The molecule has 10 heteroatoms. The van der Waals surface area contributed by atoms with E-state index < -0.39 is 10.0 Å². The average molecular weight is 466 g/mol. The summed E-state index contributed by atoms with van der Waals surface area (Å²) in [4.78, 5) is 20.2. The Kier molecular flexibility index (Phi) is 5.26. The van der Waals surface area contributed by atoms with Gasteiger partial charge in [-0.1, -0.05) is 18.2 Å². The van der Waals surface area contributed by atoms with E-state index in [0.29, 0.717) is 46.8 Å². The van der Waals surface area contributed by atoms with E-state index in [1.54, 1.807) is 71.4 Å². The van der Waals surface area contributed by atoms with Gasteiger partial charge in [0.25, 0.3) is 5.91 Å². The molecule has 1 fully saturated rings. The Morgan fingerprint density at radius 3 is 2.42 bits per heavy atom. The van der Waals surface area contributed by atoms with Crippen molar-refractivity contribution in [1.82, 2.24) is 24.0 Å². The highest BCUT2D eigenvalue weighted by molar-refractivity contribution is 7.89. The summed E-state index contributed by atoms with van der Waals surface area (Å²) in [6, 6.07) is 13.6. The van der Waals surface area contributed by atoms with Crippen LogP contribution in [0.3, 0.4) is 0 Å². The summed E-state index contributed by atoms with van der Waals surface area (Å²) in [7, 11) is -1.80. The summed E-state index contributed by atoms with van der Waals surface area (Å²) in [6.45, 7) is 2.90. The number of aryl methyl sites for hydroxylation is 2. The lowest BCUT2D eigenvalue weighted by Gasteiger charge is -2.34. The molecule has 170 valence electrons. The van der Waals surface area contributed by atoms with Crippen molar-refractivity contribution < 1.29 is 17.6 Å². The lowest BCUT2D eigenvalue weighted by atomic mass is 10.1. The fourth-order valence-electron chi connectivity index (χ4n) is 4.21. The number of hydrogen-bond donors (Lipinski definition) is 0. The van der Waals surface area contributed by atoms with Gasteiger partial charge in [0.05, 0.1) is 27.8 Å². The highest BCUT2D eigenvalue weighted by Gasteiger charge is 2.31. The SMILES string of the molecule is Cc1nn(C)c2nc(-c3ccco3)cc(C(=O)N3CCN(S(=O)(=O)c4ccccc4)CC3)c12. The number of hydrogen-bond acceptors (Lipinski definition) is 6. The van der Waals surface area contributed by atoms with Gasteiger partial charge in [0.15, 0.2) is 11.4 Å². The first kappa shape index (κ1) is 21.4. The van der Waals surface area contributed by atoms with Crippen LogP contribution in [0, 0.1) is 6.92 Å². The van der Waals surface area contributed by atoms with Gasteiger partial charge in [0.1, 0.15) is 5.69 Å². The molecule has 0 bridgehead atoms. The van der Waals surface area contributed by atoms with E-state index in [4.69, 9.17) is 4.42 Å². The summed E-state index contributed by atoms with van der Waals surface area (Å²) in [5, 5.41) is 5.14. The second-order valence-corrected chi connectivity index (χ2v) is 9.89. The van der Waals surface area contributed by atoms with Crippen LogP contribution in [0.15, 0.2) is 64.1 Å². The molecule has 5 rings (SSSR count). The third-order valence-electron chi connectivity index (χ3n) is 5.88. The largest absolute Gasteiger partial charge is 0.463 e. The smallest absolute Gasteiger partial charge is 0.254 e. The molecule has 0 N–H and O–H groups in total. The van der Waals surface area contributed by atoms with Crippen LogP contribution in [0.1, 0.15) is 16.1 Å². The van der Waals surface area contributed by atoms with Gasteiger partial charge < -0.3 is 9.32 Å². The van der Waals surface area contributed by atoms with E-state index in [-0.39, 0.29) is 23.9 Å². The number of aromatic nitrogens is 3.